The maximum atomic E-state index is 13.0. The van der Waals surface area contributed by atoms with Gasteiger partial charge < -0.3 is 14.6 Å². The number of aromatic nitrogens is 2. The van der Waals surface area contributed by atoms with Crippen molar-refractivity contribution >= 4 is 22.6 Å². The lowest BCUT2D eigenvalue weighted by molar-refractivity contribution is -0.385. The second-order valence-electron chi connectivity index (χ2n) is 7.36. The van der Waals surface area contributed by atoms with Gasteiger partial charge in [0.1, 0.15) is 5.82 Å². The van der Waals surface area contributed by atoms with Crippen LogP contribution in [-0.4, -0.2) is 27.5 Å². The third-order valence-corrected chi connectivity index (χ3v) is 5.41. The number of carbonyl (C=O) groups is 1. The van der Waals surface area contributed by atoms with Crippen molar-refractivity contribution in [1.82, 2.24) is 14.9 Å². The Balaban J connectivity index is 1.66. The predicted octanol–water partition coefficient (Wildman–Crippen LogP) is 4.20. The van der Waals surface area contributed by atoms with E-state index in [0.29, 0.717) is 6.42 Å². The summed E-state index contributed by atoms with van der Waals surface area (Å²) in [6, 6.07) is 21.2. The van der Waals surface area contributed by atoms with Gasteiger partial charge in [0, 0.05) is 25.1 Å². The molecule has 4 aromatic rings. The first kappa shape index (κ1) is 21.0. The molecule has 3 aromatic carbocycles. The van der Waals surface area contributed by atoms with Gasteiger partial charge >= 0.3 is 5.69 Å². The fraction of sp³-hybridized carbons (Fsp3) is 0.167. The summed E-state index contributed by atoms with van der Waals surface area (Å²) >= 11 is 0. The number of ether oxygens (including phenoxy) is 1. The molecule has 0 aliphatic carbocycles. The highest BCUT2D eigenvalue weighted by Crippen LogP contribution is 2.28. The number of nitro benzene ring substituents is 1. The zero-order valence-electron chi connectivity index (χ0n) is 17.7. The van der Waals surface area contributed by atoms with Crippen molar-refractivity contribution in [2.75, 3.05) is 7.11 Å². The molecule has 0 bridgehead atoms. The molecule has 1 atom stereocenters. The average Bonchev–Trinajstić information content (AvgIpc) is 3.14. The summed E-state index contributed by atoms with van der Waals surface area (Å²) < 4.78 is 7.04. The smallest absolute Gasteiger partial charge is 0.311 e. The molecule has 8 nitrogen and oxygen atoms in total. The Hall–Kier alpha value is -4.20. The third-order valence-electron chi connectivity index (χ3n) is 5.41. The molecule has 1 N–H and O–H groups in total. The van der Waals surface area contributed by atoms with E-state index in [1.807, 2.05) is 66.2 Å². The van der Waals surface area contributed by atoms with Gasteiger partial charge in [0.2, 0.25) is 0 Å². The molecular weight excluding hydrogens is 408 g/mol. The predicted molar refractivity (Wildman–Crippen MR) is 121 cm³/mol. The Labute approximate surface area is 184 Å². The van der Waals surface area contributed by atoms with Crippen molar-refractivity contribution in [3.8, 4) is 5.75 Å². The van der Waals surface area contributed by atoms with E-state index in [9.17, 15) is 14.9 Å². The summed E-state index contributed by atoms with van der Waals surface area (Å²) in [7, 11) is 3.30. The van der Waals surface area contributed by atoms with Gasteiger partial charge in [-0.2, -0.15) is 0 Å². The molecule has 0 saturated heterocycles. The van der Waals surface area contributed by atoms with Crippen molar-refractivity contribution in [3.63, 3.8) is 0 Å². The molecule has 4 rings (SSSR count). The van der Waals surface area contributed by atoms with E-state index < -0.39 is 10.8 Å². The molecule has 162 valence electrons. The van der Waals surface area contributed by atoms with Crippen LogP contribution in [0.1, 0.15) is 27.8 Å². The van der Waals surface area contributed by atoms with Crippen LogP contribution in [0.5, 0.6) is 5.75 Å². The minimum atomic E-state index is -0.566. The normalized spacial score (nSPS) is 11.8. The molecule has 1 aromatic heterocycles. The van der Waals surface area contributed by atoms with E-state index >= 15 is 0 Å². The number of nitrogens with one attached hydrogen (secondary N) is 1. The number of carbonyl (C=O) groups excluding carboxylic acids is 1. The molecule has 1 heterocycles. The third kappa shape index (κ3) is 4.15. The Morgan fingerprint density at radius 2 is 1.84 bits per heavy atom. The number of nitrogens with zero attached hydrogens (tertiary/aromatic N) is 3. The van der Waals surface area contributed by atoms with Gasteiger partial charge in [-0.15, -0.1) is 0 Å². The number of hydrogen-bond acceptors (Lipinski definition) is 5. The highest BCUT2D eigenvalue weighted by atomic mass is 16.6. The summed E-state index contributed by atoms with van der Waals surface area (Å²) in [5, 5.41) is 14.4. The first-order chi connectivity index (χ1) is 15.5. The number of para-hydroxylation sites is 2. The largest absolute Gasteiger partial charge is 0.490 e. The first-order valence-corrected chi connectivity index (χ1v) is 10.1. The van der Waals surface area contributed by atoms with E-state index in [2.05, 4.69) is 5.32 Å². The summed E-state index contributed by atoms with van der Waals surface area (Å²) in [5.41, 5.74) is 2.73. The first-order valence-electron chi connectivity index (χ1n) is 10.1. The second kappa shape index (κ2) is 8.89. The van der Waals surface area contributed by atoms with Crippen molar-refractivity contribution in [3.05, 3.63) is 99.9 Å². The van der Waals surface area contributed by atoms with E-state index in [1.165, 1.54) is 25.3 Å². The van der Waals surface area contributed by atoms with Gasteiger partial charge in [-0.3, -0.25) is 14.9 Å². The summed E-state index contributed by atoms with van der Waals surface area (Å²) in [5.74, 6) is 0.510. The van der Waals surface area contributed by atoms with Gasteiger partial charge in [-0.05, 0) is 29.8 Å². The fourth-order valence-corrected chi connectivity index (χ4v) is 3.71. The molecule has 0 fully saturated rings. The minimum Gasteiger partial charge on any atom is -0.490 e. The molecule has 0 radical (unpaired) electrons. The van der Waals surface area contributed by atoms with Crippen molar-refractivity contribution in [2.24, 2.45) is 7.05 Å². The number of hydrogen-bond donors (Lipinski definition) is 1. The van der Waals surface area contributed by atoms with Crippen LogP contribution in [0.4, 0.5) is 5.69 Å². The molecule has 0 aliphatic rings. The maximum absolute atomic E-state index is 13.0. The molecule has 0 saturated carbocycles. The van der Waals surface area contributed by atoms with E-state index in [1.54, 1.807) is 0 Å². The van der Waals surface area contributed by atoms with Crippen molar-refractivity contribution < 1.29 is 14.5 Å². The number of rotatable bonds is 7. The Morgan fingerprint density at radius 3 is 2.53 bits per heavy atom. The molecular formula is C24H22N4O4. The Morgan fingerprint density at radius 1 is 1.12 bits per heavy atom. The quantitative estimate of drug-likeness (QED) is 0.350. The van der Waals surface area contributed by atoms with E-state index in [-0.39, 0.29) is 23.0 Å². The van der Waals surface area contributed by atoms with Crippen LogP contribution in [0.2, 0.25) is 0 Å². The number of benzene rings is 3. The second-order valence-corrected chi connectivity index (χ2v) is 7.36. The fourth-order valence-electron chi connectivity index (χ4n) is 3.71. The van der Waals surface area contributed by atoms with Crippen LogP contribution in [0.25, 0.3) is 11.0 Å². The van der Waals surface area contributed by atoms with E-state index in [4.69, 9.17) is 9.72 Å². The van der Waals surface area contributed by atoms with Gasteiger partial charge in [-0.25, -0.2) is 4.98 Å². The SMILES string of the molecule is COc1ccc(C(=O)NC(Cc2nc3ccccc3n2C)c2ccccc2)cc1[N+](=O)[O-]. The van der Waals surface area contributed by atoms with Crippen LogP contribution in [-0.2, 0) is 13.5 Å². The van der Waals surface area contributed by atoms with Crippen LogP contribution in [0, 0.1) is 10.1 Å². The van der Waals surface area contributed by atoms with Gasteiger partial charge in [-0.1, -0.05) is 42.5 Å². The maximum Gasteiger partial charge on any atom is 0.311 e. The number of imidazole rings is 1. The monoisotopic (exact) mass is 430 g/mol. The lowest BCUT2D eigenvalue weighted by Gasteiger charge is -2.19. The molecule has 8 heteroatoms. The van der Waals surface area contributed by atoms with Crippen LogP contribution in [0.3, 0.4) is 0 Å². The summed E-state index contributed by atoms with van der Waals surface area (Å²) in [6.07, 6.45) is 0.458. The number of nitro groups is 1. The minimum absolute atomic E-state index is 0.103. The summed E-state index contributed by atoms with van der Waals surface area (Å²) in [4.78, 5) is 28.6. The molecule has 0 aliphatic heterocycles. The molecule has 1 amide bonds. The lowest BCUT2D eigenvalue weighted by Crippen LogP contribution is -2.30. The zero-order chi connectivity index (χ0) is 22.7. The van der Waals surface area contributed by atoms with Gasteiger partial charge in [0.05, 0.1) is 29.1 Å². The van der Waals surface area contributed by atoms with E-state index in [0.717, 1.165) is 22.4 Å². The highest BCUT2D eigenvalue weighted by molar-refractivity contribution is 5.95. The highest BCUT2D eigenvalue weighted by Gasteiger charge is 2.22. The average molecular weight is 430 g/mol. The standard InChI is InChI=1S/C24H22N4O4/c1-27-20-11-7-6-10-18(20)25-23(27)15-19(16-8-4-3-5-9-16)26-24(29)17-12-13-22(32-2)21(14-17)28(30)31/h3-14,19H,15H2,1-2H3,(H,26,29). The Kier molecular flexibility index (Phi) is 5.85. The van der Waals surface area contributed by atoms with Crippen LogP contribution in [0.15, 0.2) is 72.8 Å². The van der Waals surface area contributed by atoms with Gasteiger partial charge in [0.25, 0.3) is 5.91 Å². The molecule has 32 heavy (non-hydrogen) atoms. The van der Waals surface area contributed by atoms with Crippen molar-refractivity contribution in [1.29, 1.82) is 0 Å². The number of amides is 1. The van der Waals surface area contributed by atoms with Crippen LogP contribution < -0.4 is 10.1 Å². The topological polar surface area (TPSA) is 99.3 Å². The van der Waals surface area contributed by atoms with Crippen molar-refractivity contribution in [2.45, 2.75) is 12.5 Å². The number of aryl methyl sites for hydroxylation is 1. The number of fused-ring (bicyclic) bond motifs is 1. The number of methoxy groups -OCH3 is 1. The molecule has 0 spiro atoms. The lowest BCUT2D eigenvalue weighted by atomic mass is 10.0. The van der Waals surface area contributed by atoms with Crippen LogP contribution >= 0.6 is 0 Å². The van der Waals surface area contributed by atoms with Gasteiger partial charge in [0.15, 0.2) is 5.75 Å². The molecule has 1 unspecified atom stereocenters. The Bertz CT molecular complexity index is 1280. The summed E-state index contributed by atoms with van der Waals surface area (Å²) in [6.45, 7) is 0. The zero-order valence-corrected chi connectivity index (χ0v) is 17.7.